The Hall–Kier alpha value is -1.66. The molecule has 2 aromatic heterocycles. The largest absolute Gasteiger partial charge is 0.384 e. The molecule has 3 heterocycles. The second-order valence-electron chi connectivity index (χ2n) is 5.74. The summed E-state index contributed by atoms with van der Waals surface area (Å²) >= 11 is 0. The maximum absolute atomic E-state index is 5.39. The van der Waals surface area contributed by atoms with Crippen molar-refractivity contribution >= 4 is 0 Å². The first-order chi connectivity index (χ1) is 10.2. The minimum absolute atomic E-state index is 0.350. The van der Waals surface area contributed by atoms with Crippen LogP contribution >= 0.6 is 0 Å². The van der Waals surface area contributed by atoms with Gasteiger partial charge in [0.15, 0.2) is 0 Å². The summed E-state index contributed by atoms with van der Waals surface area (Å²) in [6, 6.07) is 0. The lowest BCUT2D eigenvalue weighted by molar-refractivity contribution is 0.134. The molecule has 0 spiro atoms. The molecule has 0 saturated heterocycles. The van der Waals surface area contributed by atoms with Crippen LogP contribution in [0.25, 0.3) is 0 Å². The van der Waals surface area contributed by atoms with Crippen LogP contribution in [0.3, 0.4) is 0 Å². The molecule has 0 amide bonds. The van der Waals surface area contributed by atoms with Crippen molar-refractivity contribution in [2.75, 3.05) is 20.3 Å². The number of hydrogen-bond donors (Lipinski definition) is 0. The normalized spacial score (nSPS) is 18.9. The molecule has 1 aliphatic rings. The quantitative estimate of drug-likeness (QED) is 0.834. The molecule has 6 heteroatoms. The lowest BCUT2D eigenvalue weighted by atomic mass is 9.97. The van der Waals surface area contributed by atoms with E-state index >= 15 is 0 Å². The Kier molecular flexibility index (Phi) is 4.07. The van der Waals surface area contributed by atoms with Gasteiger partial charge in [0.2, 0.25) is 0 Å². The van der Waals surface area contributed by atoms with E-state index in [9.17, 15) is 0 Å². The lowest BCUT2D eigenvalue weighted by Crippen LogP contribution is -2.34. The van der Waals surface area contributed by atoms with Gasteiger partial charge in [0.1, 0.15) is 0 Å². The van der Waals surface area contributed by atoms with Gasteiger partial charge in [-0.1, -0.05) is 0 Å². The first-order valence-electron chi connectivity index (χ1n) is 7.44. The Morgan fingerprint density at radius 3 is 2.90 bits per heavy atom. The van der Waals surface area contributed by atoms with Crippen molar-refractivity contribution < 1.29 is 4.74 Å². The maximum Gasteiger partial charge on any atom is 0.0736 e. The molecule has 3 rings (SSSR count). The Bertz CT molecular complexity index is 603. The smallest absolute Gasteiger partial charge is 0.0736 e. The highest BCUT2D eigenvalue weighted by molar-refractivity contribution is 5.25. The first kappa shape index (κ1) is 14.3. The third-order valence-electron chi connectivity index (χ3n) is 3.99. The van der Waals surface area contributed by atoms with E-state index in [0.29, 0.717) is 5.92 Å². The van der Waals surface area contributed by atoms with Crippen LogP contribution in [0.2, 0.25) is 0 Å². The Labute approximate surface area is 125 Å². The highest BCUT2D eigenvalue weighted by Gasteiger charge is 2.28. The molecule has 0 radical (unpaired) electrons. The maximum atomic E-state index is 5.39. The summed E-state index contributed by atoms with van der Waals surface area (Å²) in [6.07, 6.45) is 6.19. The molecular weight excluding hydrogens is 266 g/mol. The van der Waals surface area contributed by atoms with Crippen LogP contribution in [0, 0.1) is 0 Å². The summed E-state index contributed by atoms with van der Waals surface area (Å²) in [5.74, 6) is 0.350. The van der Waals surface area contributed by atoms with Crippen LogP contribution in [0.15, 0.2) is 18.6 Å². The summed E-state index contributed by atoms with van der Waals surface area (Å²) < 4.78 is 9.27. The minimum Gasteiger partial charge on any atom is -0.384 e. The van der Waals surface area contributed by atoms with E-state index < -0.39 is 0 Å². The van der Waals surface area contributed by atoms with Crippen molar-refractivity contribution in [1.29, 1.82) is 0 Å². The third-order valence-corrected chi connectivity index (χ3v) is 3.99. The van der Waals surface area contributed by atoms with Gasteiger partial charge in [-0.15, -0.1) is 0 Å². The van der Waals surface area contributed by atoms with Gasteiger partial charge in [-0.05, 0) is 6.92 Å². The van der Waals surface area contributed by atoms with Gasteiger partial charge in [0.05, 0.1) is 18.5 Å². The molecular formula is C15H23N5O. The van der Waals surface area contributed by atoms with Crippen LogP contribution in [-0.2, 0) is 31.4 Å². The van der Waals surface area contributed by atoms with E-state index in [-0.39, 0.29) is 0 Å². The van der Waals surface area contributed by atoms with Gasteiger partial charge in [-0.2, -0.15) is 10.2 Å². The molecule has 114 valence electrons. The Balaban J connectivity index is 1.79. The van der Waals surface area contributed by atoms with E-state index in [1.54, 1.807) is 7.11 Å². The van der Waals surface area contributed by atoms with Gasteiger partial charge >= 0.3 is 0 Å². The van der Waals surface area contributed by atoms with Crippen molar-refractivity contribution in [3.05, 3.63) is 35.4 Å². The highest BCUT2D eigenvalue weighted by atomic mass is 16.5. The van der Waals surface area contributed by atoms with E-state index in [4.69, 9.17) is 9.84 Å². The number of hydrogen-bond acceptors (Lipinski definition) is 4. The molecule has 0 unspecified atom stereocenters. The molecule has 1 aliphatic heterocycles. The Morgan fingerprint density at radius 1 is 1.38 bits per heavy atom. The van der Waals surface area contributed by atoms with Gasteiger partial charge in [-0.3, -0.25) is 14.3 Å². The van der Waals surface area contributed by atoms with Crippen LogP contribution in [0.4, 0.5) is 0 Å². The fraction of sp³-hybridized carbons (Fsp3) is 0.600. The standard InChI is InChI=1S/C15H23N5O/c1-4-20-10-13-8-19(7-12-5-16-18(2)6-12)9-14(11-21-3)15(13)17-20/h5-6,10,14H,4,7-9,11H2,1-3H3/t14-/m0/s1. The number of ether oxygens (including phenoxy) is 1. The minimum atomic E-state index is 0.350. The summed E-state index contributed by atoms with van der Waals surface area (Å²) in [5, 5.41) is 8.96. The number of aryl methyl sites for hydroxylation is 2. The average molecular weight is 289 g/mol. The molecule has 6 nitrogen and oxygen atoms in total. The van der Waals surface area contributed by atoms with E-state index in [2.05, 4.69) is 29.3 Å². The third kappa shape index (κ3) is 3.01. The van der Waals surface area contributed by atoms with E-state index in [1.165, 1.54) is 16.8 Å². The Morgan fingerprint density at radius 2 is 2.24 bits per heavy atom. The first-order valence-corrected chi connectivity index (χ1v) is 7.44. The molecule has 0 aromatic carbocycles. The zero-order valence-electron chi connectivity index (χ0n) is 13.0. The monoisotopic (exact) mass is 289 g/mol. The van der Waals surface area contributed by atoms with Crippen LogP contribution in [0.5, 0.6) is 0 Å². The van der Waals surface area contributed by atoms with E-state index in [0.717, 1.165) is 32.8 Å². The van der Waals surface area contributed by atoms with Crippen molar-refractivity contribution in [3.63, 3.8) is 0 Å². The lowest BCUT2D eigenvalue weighted by Gasteiger charge is -2.31. The molecule has 1 atom stereocenters. The van der Waals surface area contributed by atoms with Crippen LogP contribution < -0.4 is 0 Å². The molecule has 0 saturated carbocycles. The van der Waals surface area contributed by atoms with Crippen molar-refractivity contribution in [1.82, 2.24) is 24.5 Å². The summed E-state index contributed by atoms with van der Waals surface area (Å²) in [4.78, 5) is 2.45. The number of methoxy groups -OCH3 is 1. The fourth-order valence-electron chi connectivity index (χ4n) is 3.07. The molecule has 0 N–H and O–H groups in total. The predicted octanol–water partition coefficient (Wildman–Crippen LogP) is 1.38. The summed E-state index contributed by atoms with van der Waals surface area (Å²) in [7, 11) is 3.72. The van der Waals surface area contributed by atoms with Gasteiger partial charge in [-0.25, -0.2) is 0 Å². The van der Waals surface area contributed by atoms with Gasteiger partial charge < -0.3 is 4.74 Å². The topological polar surface area (TPSA) is 48.1 Å². The van der Waals surface area contributed by atoms with Crippen LogP contribution in [0.1, 0.15) is 29.7 Å². The second kappa shape index (κ2) is 5.99. The number of nitrogens with zero attached hydrogens (tertiary/aromatic N) is 5. The second-order valence-corrected chi connectivity index (χ2v) is 5.74. The number of fused-ring (bicyclic) bond motifs is 1. The molecule has 21 heavy (non-hydrogen) atoms. The fourth-order valence-corrected chi connectivity index (χ4v) is 3.07. The molecule has 2 aromatic rings. The van der Waals surface area contributed by atoms with E-state index in [1.807, 2.05) is 22.6 Å². The van der Waals surface area contributed by atoms with Crippen molar-refractivity contribution in [3.8, 4) is 0 Å². The number of aromatic nitrogens is 4. The van der Waals surface area contributed by atoms with Crippen LogP contribution in [-0.4, -0.2) is 44.7 Å². The molecule has 0 fully saturated rings. The summed E-state index contributed by atoms with van der Waals surface area (Å²) in [6.45, 7) is 6.61. The number of rotatable bonds is 5. The van der Waals surface area contributed by atoms with Crippen molar-refractivity contribution in [2.24, 2.45) is 7.05 Å². The molecule has 0 aliphatic carbocycles. The average Bonchev–Trinajstić information content (AvgIpc) is 3.05. The molecule has 0 bridgehead atoms. The van der Waals surface area contributed by atoms with Gasteiger partial charge in [0, 0.05) is 69.8 Å². The zero-order chi connectivity index (χ0) is 14.8. The van der Waals surface area contributed by atoms with Crippen molar-refractivity contribution in [2.45, 2.75) is 32.5 Å². The van der Waals surface area contributed by atoms with Gasteiger partial charge in [0.25, 0.3) is 0 Å². The predicted molar refractivity (Wildman–Crippen MR) is 79.8 cm³/mol. The summed E-state index contributed by atoms with van der Waals surface area (Å²) in [5.41, 5.74) is 3.79. The zero-order valence-corrected chi connectivity index (χ0v) is 13.0. The highest BCUT2D eigenvalue weighted by Crippen LogP contribution is 2.28. The SMILES string of the molecule is CCn1cc2c(n1)[C@H](COC)CN(Cc1cnn(C)c1)C2.